The number of carbonyl (C=O) groups excluding carboxylic acids is 2. The summed E-state index contributed by atoms with van der Waals surface area (Å²) < 4.78 is 14.3. The van der Waals surface area contributed by atoms with Crippen LogP contribution in [0.4, 0.5) is 0 Å². The second-order valence-electron chi connectivity index (χ2n) is 3.60. The van der Waals surface area contributed by atoms with Crippen LogP contribution >= 0.6 is 0 Å². The van der Waals surface area contributed by atoms with Crippen LogP contribution in [0.1, 0.15) is 27.8 Å². The van der Waals surface area contributed by atoms with Gasteiger partial charge in [0.05, 0.1) is 19.1 Å². The van der Waals surface area contributed by atoms with E-state index >= 15 is 0 Å². The average Bonchev–Trinajstić information content (AvgIpc) is 2.83. The minimum absolute atomic E-state index is 0.0888. The molecular weight excluding hydrogens is 254 g/mol. The first-order chi connectivity index (χ1) is 9.08. The topological polar surface area (TPSA) is 98.6 Å². The molecule has 2 rings (SSSR count). The molecule has 19 heavy (non-hydrogen) atoms. The Balaban J connectivity index is 2.56. The first-order valence-electron chi connectivity index (χ1n) is 5.49. The number of furan rings is 1. The Kier molecular flexibility index (Phi) is 3.37. The van der Waals surface area contributed by atoms with Gasteiger partial charge in [0.25, 0.3) is 0 Å². The lowest BCUT2D eigenvalue weighted by atomic mass is 10.2. The van der Waals surface area contributed by atoms with Gasteiger partial charge in [0.15, 0.2) is 0 Å². The van der Waals surface area contributed by atoms with Crippen molar-refractivity contribution in [2.75, 3.05) is 13.7 Å². The minimum Gasteiger partial charge on any atom is -0.463 e. The minimum atomic E-state index is -0.730. The molecule has 0 aliphatic carbocycles. The lowest BCUT2D eigenvalue weighted by molar-refractivity contribution is 0.0522. The van der Waals surface area contributed by atoms with Crippen molar-refractivity contribution in [2.45, 2.75) is 6.92 Å². The third-order valence-electron chi connectivity index (χ3n) is 2.45. The van der Waals surface area contributed by atoms with Crippen LogP contribution in [0.15, 0.2) is 21.5 Å². The molecule has 0 spiro atoms. The Bertz CT molecular complexity index is 696. The van der Waals surface area contributed by atoms with Crippen molar-refractivity contribution in [3.63, 3.8) is 0 Å². The SMILES string of the molecule is CCOC(=O)c1c[nH]c2oc(C(=O)OC)cc2c1=O. The monoisotopic (exact) mass is 265 g/mol. The van der Waals surface area contributed by atoms with Gasteiger partial charge in [-0.2, -0.15) is 0 Å². The van der Waals surface area contributed by atoms with Crippen molar-refractivity contribution in [3.05, 3.63) is 33.8 Å². The van der Waals surface area contributed by atoms with E-state index in [1.54, 1.807) is 6.92 Å². The number of rotatable bonds is 3. The highest BCUT2D eigenvalue weighted by Gasteiger charge is 2.19. The van der Waals surface area contributed by atoms with Crippen LogP contribution in [-0.4, -0.2) is 30.6 Å². The standard InChI is InChI=1S/C12H11NO6/c1-3-18-11(15)7-5-13-10-6(9(7)14)4-8(19-10)12(16)17-2/h4-5H,3H2,1-2H3,(H,13,14). The second-order valence-corrected chi connectivity index (χ2v) is 3.60. The highest BCUT2D eigenvalue weighted by molar-refractivity contribution is 5.95. The predicted molar refractivity (Wildman–Crippen MR) is 64.1 cm³/mol. The Hall–Kier alpha value is -2.57. The first kappa shape index (κ1) is 12.9. The molecule has 0 aromatic carbocycles. The molecule has 1 N–H and O–H groups in total. The molecule has 0 saturated heterocycles. The summed E-state index contributed by atoms with van der Waals surface area (Å²) in [6.45, 7) is 1.80. The van der Waals surface area contributed by atoms with Crippen LogP contribution in [0.2, 0.25) is 0 Å². The number of fused-ring (bicyclic) bond motifs is 1. The molecule has 0 amide bonds. The van der Waals surface area contributed by atoms with Gasteiger partial charge in [-0.25, -0.2) is 9.59 Å². The number of aromatic amines is 1. The summed E-state index contributed by atoms with van der Waals surface area (Å²) in [6, 6.07) is 1.22. The summed E-state index contributed by atoms with van der Waals surface area (Å²) in [4.78, 5) is 37.5. The fourth-order valence-corrected chi connectivity index (χ4v) is 1.58. The maximum absolute atomic E-state index is 12.0. The first-order valence-corrected chi connectivity index (χ1v) is 5.49. The fraction of sp³-hybridized carbons (Fsp3) is 0.250. The van der Waals surface area contributed by atoms with Gasteiger partial charge >= 0.3 is 11.9 Å². The average molecular weight is 265 g/mol. The molecule has 0 radical (unpaired) electrons. The molecule has 0 fully saturated rings. The van der Waals surface area contributed by atoms with E-state index in [4.69, 9.17) is 9.15 Å². The molecule has 2 heterocycles. The zero-order valence-electron chi connectivity index (χ0n) is 10.3. The predicted octanol–water partition coefficient (Wildman–Crippen LogP) is 1.08. The summed E-state index contributed by atoms with van der Waals surface area (Å²) in [7, 11) is 1.20. The van der Waals surface area contributed by atoms with Gasteiger partial charge in [0, 0.05) is 12.3 Å². The van der Waals surface area contributed by atoms with Gasteiger partial charge in [-0.15, -0.1) is 0 Å². The van der Waals surface area contributed by atoms with Gasteiger partial charge in [-0.05, 0) is 6.92 Å². The summed E-state index contributed by atoms with van der Waals surface area (Å²) >= 11 is 0. The van der Waals surface area contributed by atoms with Gasteiger partial charge in [-0.1, -0.05) is 0 Å². The number of esters is 2. The van der Waals surface area contributed by atoms with Gasteiger partial charge < -0.3 is 18.9 Å². The Morgan fingerprint density at radius 3 is 2.74 bits per heavy atom. The number of carbonyl (C=O) groups is 2. The molecule has 7 heteroatoms. The molecule has 0 saturated carbocycles. The second kappa shape index (κ2) is 4.97. The molecule has 0 aliphatic heterocycles. The van der Waals surface area contributed by atoms with Crippen molar-refractivity contribution in [1.82, 2.24) is 4.98 Å². The van der Waals surface area contributed by atoms with Crippen molar-refractivity contribution in [3.8, 4) is 0 Å². The molecule has 7 nitrogen and oxygen atoms in total. The molecular formula is C12H11NO6. The summed E-state index contributed by atoms with van der Waals surface area (Å²) in [5, 5.41) is 0.0888. The molecule has 0 bridgehead atoms. The van der Waals surface area contributed by atoms with Crippen molar-refractivity contribution >= 4 is 23.0 Å². The summed E-state index contributed by atoms with van der Waals surface area (Å²) in [5.41, 5.74) is -0.615. The van der Waals surface area contributed by atoms with E-state index in [-0.39, 0.29) is 29.0 Å². The van der Waals surface area contributed by atoms with Crippen molar-refractivity contribution in [1.29, 1.82) is 0 Å². The van der Waals surface area contributed by atoms with Crippen LogP contribution in [0.5, 0.6) is 0 Å². The smallest absolute Gasteiger partial charge is 0.374 e. The van der Waals surface area contributed by atoms with Crippen LogP contribution in [0.25, 0.3) is 11.1 Å². The molecule has 2 aromatic heterocycles. The maximum atomic E-state index is 12.0. The summed E-state index contributed by atoms with van der Waals surface area (Å²) in [5.74, 6) is -1.56. The van der Waals surface area contributed by atoms with E-state index in [0.717, 1.165) is 0 Å². The van der Waals surface area contributed by atoms with Crippen molar-refractivity contribution in [2.24, 2.45) is 0 Å². The van der Waals surface area contributed by atoms with Crippen LogP contribution < -0.4 is 5.43 Å². The van der Waals surface area contributed by atoms with E-state index in [0.29, 0.717) is 0 Å². The molecule has 2 aromatic rings. The van der Waals surface area contributed by atoms with Crippen molar-refractivity contribution < 1.29 is 23.5 Å². The Morgan fingerprint density at radius 1 is 1.37 bits per heavy atom. The zero-order valence-corrected chi connectivity index (χ0v) is 10.3. The van der Waals surface area contributed by atoms with E-state index in [2.05, 4.69) is 9.72 Å². The number of nitrogens with one attached hydrogen (secondary N) is 1. The molecule has 0 atom stereocenters. The number of hydrogen-bond acceptors (Lipinski definition) is 6. The lowest BCUT2D eigenvalue weighted by Gasteiger charge is -1.99. The highest BCUT2D eigenvalue weighted by Crippen LogP contribution is 2.15. The quantitative estimate of drug-likeness (QED) is 0.834. The van der Waals surface area contributed by atoms with Gasteiger partial charge in [0.2, 0.25) is 16.9 Å². The third kappa shape index (κ3) is 2.22. The van der Waals surface area contributed by atoms with E-state index in [1.165, 1.54) is 19.4 Å². The zero-order chi connectivity index (χ0) is 14.0. The number of ether oxygens (including phenoxy) is 2. The van der Waals surface area contributed by atoms with E-state index in [1.807, 2.05) is 0 Å². The number of pyridine rings is 1. The van der Waals surface area contributed by atoms with Gasteiger partial charge in [0.1, 0.15) is 5.56 Å². The normalized spacial score (nSPS) is 10.4. The third-order valence-corrected chi connectivity index (χ3v) is 2.45. The Labute approximate surface area is 107 Å². The molecule has 0 aliphatic rings. The number of aromatic nitrogens is 1. The Morgan fingerprint density at radius 2 is 2.11 bits per heavy atom. The number of methoxy groups -OCH3 is 1. The number of hydrogen-bond donors (Lipinski definition) is 1. The maximum Gasteiger partial charge on any atom is 0.374 e. The van der Waals surface area contributed by atoms with E-state index < -0.39 is 17.4 Å². The molecule has 100 valence electrons. The largest absolute Gasteiger partial charge is 0.463 e. The lowest BCUT2D eigenvalue weighted by Crippen LogP contribution is -2.17. The van der Waals surface area contributed by atoms with Crippen LogP contribution in [0, 0.1) is 0 Å². The fourth-order valence-electron chi connectivity index (χ4n) is 1.58. The van der Waals surface area contributed by atoms with Gasteiger partial charge in [-0.3, -0.25) is 4.79 Å². The number of H-pyrrole nitrogens is 1. The summed E-state index contributed by atoms with van der Waals surface area (Å²) in [6.07, 6.45) is 1.19. The van der Waals surface area contributed by atoms with E-state index in [9.17, 15) is 14.4 Å². The molecule has 0 unspecified atom stereocenters. The highest BCUT2D eigenvalue weighted by atomic mass is 16.5. The van der Waals surface area contributed by atoms with Crippen LogP contribution in [-0.2, 0) is 9.47 Å². The van der Waals surface area contributed by atoms with Crippen LogP contribution in [0.3, 0.4) is 0 Å².